The molecule has 0 aliphatic rings. The Morgan fingerprint density at radius 2 is 2.20 bits per heavy atom. The normalized spacial score (nSPS) is 12.3. The molecule has 1 atom stereocenters. The van der Waals surface area contributed by atoms with Crippen molar-refractivity contribution >= 4 is 5.97 Å². The predicted molar refractivity (Wildman–Crippen MR) is 34.1 cm³/mol. The van der Waals surface area contributed by atoms with Crippen LogP contribution in [0.5, 0.6) is 0 Å². The highest BCUT2D eigenvalue weighted by Gasteiger charge is 2.08. The molecule has 0 amide bonds. The molecular formula is C6H10O4. The van der Waals surface area contributed by atoms with Crippen LogP contribution in [0, 0.1) is 0 Å². The fraction of sp³-hybridized carbons (Fsp3) is 0.500. The first-order valence-electron chi connectivity index (χ1n) is 2.74. The average Bonchev–Trinajstić information content (AvgIpc) is 1.87. The van der Waals surface area contributed by atoms with Crippen molar-refractivity contribution in [2.75, 3.05) is 0 Å². The van der Waals surface area contributed by atoms with Gasteiger partial charge in [0.1, 0.15) is 0 Å². The Morgan fingerprint density at radius 1 is 1.70 bits per heavy atom. The van der Waals surface area contributed by atoms with Gasteiger partial charge in [0.15, 0.2) is 0 Å². The van der Waals surface area contributed by atoms with Crippen LogP contribution >= 0.6 is 0 Å². The second kappa shape index (κ2) is 4.03. The lowest BCUT2D eigenvalue weighted by Crippen LogP contribution is -2.16. The van der Waals surface area contributed by atoms with E-state index in [2.05, 4.69) is 16.2 Å². The minimum atomic E-state index is -0.941. The number of esters is 1. The van der Waals surface area contributed by atoms with Crippen LogP contribution in [-0.4, -0.2) is 17.5 Å². The molecular weight excluding hydrogens is 136 g/mol. The van der Waals surface area contributed by atoms with Gasteiger partial charge in [0.25, 0.3) is 0 Å². The first-order chi connectivity index (χ1) is 4.57. The summed E-state index contributed by atoms with van der Waals surface area (Å²) in [7, 11) is 0. The molecule has 0 fully saturated rings. The van der Waals surface area contributed by atoms with E-state index in [1.807, 2.05) is 0 Å². The summed E-state index contributed by atoms with van der Waals surface area (Å²) < 4.78 is 4.45. The van der Waals surface area contributed by atoms with E-state index in [9.17, 15) is 4.79 Å². The van der Waals surface area contributed by atoms with Crippen molar-refractivity contribution in [2.24, 2.45) is 0 Å². The Hall–Kier alpha value is -0.870. The van der Waals surface area contributed by atoms with Gasteiger partial charge in [-0.2, -0.15) is 4.89 Å². The van der Waals surface area contributed by atoms with Crippen molar-refractivity contribution in [1.29, 1.82) is 0 Å². The minimum absolute atomic E-state index is 0.268. The molecule has 4 heteroatoms. The van der Waals surface area contributed by atoms with Crippen molar-refractivity contribution in [3.8, 4) is 0 Å². The minimum Gasteiger partial charge on any atom is -0.430 e. The molecule has 0 aromatic heterocycles. The summed E-state index contributed by atoms with van der Waals surface area (Å²) in [6, 6.07) is 0. The van der Waals surface area contributed by atoms with Crippen LogP contribution < -0.4 is 0 Å². The van der Waals surface area contributed by atoms with Gasteiger partial charge in [-0.3, -0.25) is 0 Å². The van der Waals surface area contributed by atoms with Crippen LogP contribution in [0.2, 0.25) is 0 Å². The second-order valence-corrected chi connectivity index (χ2v) is 1.86. The van der Waals surface area contributed by atoms with Gasteiger partial charge in [-0.1, -0.05) is 6.58 Å². The molecule has 0 spiro atoms. The molecule has 0 aromatic rings. The molecule has 0 radical (unpaired) electrons. The van der Waals surface area contributed by atoms with Crippen molar-refractivity contribution in [1.82, 2.24) is 0 Å². The van der Waals surface area contributed by atoms with Gasteiger partial charge in [0.2, 0.25) is 6.29 Å². The Kier molecular flexibility index (Phi) is 3.68. The molecule has 10 heavy (non-hydrogen) atoms. The first-order valence-corrected chi connectivity index (χ1v) is 2.74. The van der Waals surface area contributed by atoms with E-state index in [0.29, 0.717) is 0 Å². The van der Waals surface area contributed by atoms with Gasteiger partial charge in [-0.15, -0.1) is 0 Å². The molecule has 0 rings (SSSR count). The molecule has 1 unspecified atom stereocenters. The highest BCUT2D eigenvalue weighted by Crippen LogP contribution is 1.97. The molecule has 0 heterocycles. The smallest absolute Gasteiger partial charge is 0.335 e. The molecule has 0 bridgehead atoms. The SMILES string of the molecule is C=C(C)C(=O)OC(C)OO. The van der Waals surface area contributed by atoms with Crippen LogP contribution in [-0.2, 0) is 14.4 Å². The number of hydrogen-bond donors (Lipinski definition) is 1. The van der Waals surface area contributed by atoms with Crippen molar-refractivity contribution in [3.05, 3.63) is 12.2 Å². The van der Waals surface area contributed by atoms with Gasteiger partial charge in [0.05, 0.1) is 0 Å². The quantitative estimate of drug-likeness (QED) is 0.212. The highest BCUT2D eigenvalue weighted by atomic mass is 17.1. The lowest BCUT2D eigenvalue weighted by atomic mass is 10.4. The van der Waals surface area contributed by atoms with E-state index in [0.717, 1.165) is 0 Å². The lowest BCUT2D eigenvalue weighted by Gasteiger charge is -2.07. The third kappa shape index (κ3) is 3.21. The van der Waals surface area contributed by atoms with Crippen molar-refractivity contribution in [2.45, 2.75) is 20.1 Å². The molecule has 0 aromatic carbocycles. The predicted octanol–water partition coefficient (Wildman–Crippen LogP) is 0.941. The molecule has 0 saturated heterocycles. The van der Waals surface area contributed by atoms with Gasteiger partial charge < -0.3 is 4.74 Å². The maximum Gasteiger partial charge on any atom is 0.335 e. The van der Waals surface area contributed by atoms with Crippen LogP contribution in [0.4, 0.5) is 0 Å². The highest BCUT2D eigenvalue weighted by molar-refractivity contribution is 5.86. The van der Waals surface area contributed by atoms with E-state index < -0.39 is 12.3 Å². The van der Waals surface area contributed by atoms with Gasteiger partial charge >= 0.3 is 5.97 Å². The Bertz CT molecular complexity index is 141. The zero-order valence-corrected chi connectivity index (χ0v) is 5.96. The summed E-state index contributed by atoms with van der Waals surface area (Å²) in [4.78, 5) is 14.3. The topological polar surface area (TPSA) is 55.8 Å². The van der Waals surface area contributed by atoms with E-state index in [4.69, 9.17) is 5.26 Å². The second-order valence-electron chi connectivity index (χ2n) is 1.86. The van der Waals surface area contributed by atoms with E-state index in [1.165, 1.54) is 13.8 Å². The number of rotatable bonds is 3. The molecule has 58 valence electrons. The first kappa shape index (κ1) is 9.13. The number of carbonyl (C=O) groups is 1. The number of hydrogen-bond acceptors (Lipinski definition) is 4. The van der Waals surface area contributed by atoms with Crippen LogP contribution in [0.3, 0.4) is 0 Å². The summed E-state index contributed by atoms with van der Waals surface area (Å²) in [5.41, 5.74) is 0.268. The van der Waals surface area contributed by atoms with Crippen LogP contribution in [0.1, 0.15) is 13.8 Å². The zero-order chi connectivity index (χ0) is 8.15. The lowest BCUT2D eigenvalue weighted by molar-refractivity contribution is -0.329. The summed E-state index contributed by atoms with van der Waals surface area (Å²) in [6.07, 6.45) is -0.941. The van der Waals surface area contributed by atoms with E-state index in [1.54, 1.807) is 0 Å². The fourth-order valence-corrected chi connectivity index (χ4v) is 0.273. The number of carbonyl (C=O) groups excluding carboxylic acids is 1. The fourth-order valence-electron chi connectivity index (χ4n) is 0.273. The van der Waals surface area contributed by atoms with Gasteiger partial charge in [0, 0.05) is 12.5 Å². The molecule has 0 aliphatic carbocycles. The molecule has 0 saturated carbocycles. The van der Waals surface area contributed by atoms with Crippen molar-refractivity contribution in [3.63, 3.8) is 0 Å². The Balaban J connectivity index is 3.68. The Morgan fingerprint density at radius 3 is 2.50 bits per heavy atom. The zero-order valence-electron chi connectivity index (χ0n) is 5.96. The third-order valence-electron chi connectivity index (χ3n) is 0.770. The van der Waals surface area contributed by atoms with Gasteiger partial charge in [-0.25, -0.2) is 10.1 Å². The molecule has 4 nitrogen and oxygen atoms in total. The maximum absolute atomic E-state index is 10.6. The van der Waals surface area contributed by atoms with Gasteiger partial charge in [-0.05, 0) is 6.92 Å². The summed E-state index contributed by atoms with van der Waals surface area (Å²) in [6.45, 7) is 6.23. The van der Waals surface area contributed by atoms with Crippen LogP contribution in [0.15, 0.2) is 12.2 Å². The standard InChI is InChI=1S/C6H10O4/c1-4(2)6(7)9-5(3)10-8/h5,8H,1H2,2-3H3. The Labute approximate surface area is 59.0 Å². The third-order valence-corrected chi connectivity index (χ3v) is 0.770. The molecule has 1 N–H and O–H groups in total. The number of ether oxygens (including phenoxy) is 1. The average molecular weight is 146 g/mol. The maximum atomic E-state index is 10.6. The summed E-state index contributed by atoms with van der Waals surface area (Å²) in [5, 5.41) is 7.96. The summed E-state index contributed by atoms with van der Waals surface area (Å²) >= 11 is 0. The van der Waals surface area contributed by atoms with Crippen LogP contribution in [0.25, 0.3) is 0 Å². The van der Waals surface area contributed by atoms with E-state index in [-0.39, 0.29) is 5.57 Å². The van der Waals surface area contributed by atoms with E-state index >= 15 is 0 Å². The monoisotopic (exact) mass is 146 g/mol. The summed E-state index contributed by atoms with van der Waals surface area (Å²) in [5.74, 6) is -0.582. The largest absolute Gasteiger partial charge is 0.430 e. The molecule has 0 aliphatic heterocycles. The van der Waals surface area contributed by atoms with Crippen molar-refractivity contribution < 1.29 is 19.7 Å².